The van der Waals surface area contributed by atoms with Crippen LogP contribution in [0.3, 0.4) is 0 Å². The molecule has 3 N–H and O–H groups in total. The van der Waals surface area contributed by atoms with E-state index in [1.165, 1.54) is 0 Å². The van der Waals surface area contributed by atoms with E-state index in [1.54, 1.807) is 36.3 Å². The Morgan fingerprint density at radius 3 is 2.26 bits per heavy atom. The molecule has 1 aromatic rings. The molecule has 0 aromatic heterocycles. The SMILES string of the molecule is COc1ccc(NC(=O)CN(CCO)CCO)cc1. The topological polar surface area (TPSA) is 82.0 Å². The highest BCUT2D eigenvalue weighted by Gasteiger charge is 2.09. The Labute approximate surface area is 112 Å². The summed E-state index contributed by atoms with van der Waals surface area (Å²) in [4.78, 5) is 13.5. The number of benzene rings is 1. The van der Waals surface area contributed by atoms with E-state index >= 15 is 0 Å². The first-order valence-corrected chi connectivity index (χ1v) is 6.07. The molecule has 0 atom stereocenters. The number of amides is 1. The van der Waals surface area contributed by atoms with Crippen LogP contribution >= 0.6 is 0 Å². The highest BCUT2D eigenvalue weighted by atomic mass is 16.5. The van der Waals surface area contributed by atoms with Crippen molar-refractivity contribution in [3.05, 3.63) is 24.3 Å². The maximum absolute atomic E-state index is 11.8. The number of ether oxygens (including phenoxy) is 1. The molecule has 19 heavy (non-hydrogen) atoms. The van der Waals surface area contributed by atoms with Gasteiger partial charge >= 0.3 is 0 Å². The number of carbonyl (C=O) groups is 1. The first-order valence-electron chi connectivity index (χ1n) is 6.07. The molecule has 1 amide bonds. The van der Waals surface area contributed by atoms with E-state index in [-0.39, 0.29) is 25.7 Å². The number of methoxy groups -OCH3 is 1. The van der Waals surface area contributed by atoms with Gasteiger partial charge in [-0.25, -0.2) is 0 Å². The van der Waals surface area contributed by atoms with Gasteiger partial charge in [0.25, 0.3) is 0 Å². The average molecular weight is 268 g/mol. The van der Waals surface area contributed by atoms with E-state index in [0.29, 0.717) is 18.8 Å². The molecule has 1 aromatic carbocycles. The molecule has 6 heteroatoms. The summed E-state index contributed by atoms with van der Waals surface area (Å²) in [5, 5.41) is 20.5. The number of hydrogen-bond acceptors (Lipinski definition) is 5. The maximum Gasteiger partial charge on any atom is 0.238 e. The van der Waals surface area contributed by atoms with Crippen LogP contribution in [0.2, 0.25) is 0 Å². The van der Waals surface area contributed by atoms with Crippen LogP contribution in [0, 0.1) is 0 Å². The lowest BCUT2D eigenvalue weighted by atomic mass is 10.3. The van der Waals surface area contributed by atoms with Gasteiger partial charge in [-0.3, -0.25) is 9.69 Å². The summed E-state index contributed by atoms with van der Waals surface area (Å²) in [5.41, 5.74) is 0.679. The van der Waals surface area contributed by atoms with Gasteiger partial charge in [0.15, 0.2) is 0 Å². The number of anilines is 1. The minimum absolute atomic E-state index is 0.0458. The molecule has 0 heterocycles. The fourth-order valence-corrected chi connectivity index (χ4v) is 1.63. The molecular weight excluding hydrogens is 248 g/mol. The van der Waals surface area contributed by atoms with Crippen LogP contribution in [0.5, 0.6) is 5.75 Å². The Kier molecular flexibility index (Phi) is 6.88. The third-order valence-corrected chi connectivity index (χ3v) is 2.57. The van der Waals surface area contributed by atoms with Gasteiger partial charge < -0.3 is 20.3 Å². The van der Waals surface area contributed by atoms with Gasteiger partial charge in [0.1, 0.15) is 5.75 Å². The summed E-state index contributed by atoms with van der Waals surface area (Å²) in [5.74, 6) is 0.534. The second-order valence-electron chi connectivity index (χ2n) is 4.00. The summed E-state index contributed by atoms with van der Waals surface area (Å²) in [6.45, 7) is 0.756. The quantitative estimate of drug-likeness (QED) is 0.614. The van der Waals surface area contributed by atoms with Crippen LogP contribution in [0.15, 0.2) is 24.3 Å². The molecule has 0 saturated carbocycles. The van der Waals surface area contributed by atoms with Gasteiger partial charge in [-0.2, -0.15) is 0 Å². The standard InChI is InChI=1S/C13H20N2O4/c1-19-12-4-2-11(3-5-12)14-13(18)10-15(6-8-16)7-9-17/h2-5,16-17H,6-10H2,1H3,(H,14,18). The van der Waals surface area contributed by atoms with E-state index in [2.05, 4.69) is 5.32 Å². The molecule has 1 rings (SSSR count). The molecule has 6 nitrogen and oxygen atoms in total. The molecule has 0 aliphatic rings. The summed E-state index contributed by atoms with van der Waals surface area (Å²) >= 11 is 0. The zero-order valence-corrected chi connectivity index (χ0v) is 11.0. The van der Waals surface area contributed by atoms with Crippen molar-refractivity contribution < 1.29 is 19.7 Å². The van der Waals surface area contributed by atoms with Crippen LogP contribution in [-0.4, -0.2) is 61.0 Å². The Hall–Kier alpha value is -1.63. The number of aliphatic hydroxyl groups excluding tert-OH is 2. The van der Waals surface area contributed by atoms with Crippen LogP contribution in [0.4, 0.5) is 5.69 Å². The van der Waals surface area contributed by atoms with Crippen LogP contribution < -0.4 is 10.1 Å². The smallest absolute Gasteiger partial charge is 0.238 e. The van der Waals surface area contributed by atoms with Crippen LogP contribution in [0.1, 0.15) is 0 Å². The van der Waals surface area contributed by atoms with Gasteiger partial charge in [-0.05, 0) is 24.3 Å². The largest absolute Gasteiger partial charge is 0.497 e. The molecule has 0 aliphatic carbocycles. The van der Waals surface area contributed by atoms with Crippen molar-refractivity contribution in [2.75, 3.05) is 45.3 Å². The maximum atomic E-state index is 11.8. The minimum atomic E-state index is -0.188. The van der Waals surface area contributed by atoms with E-state index in [1.807, 2.05) is 0 Å². The summed E-state index contributed by atoms with van der Waals surface area (Å²) in [7, 11) is 1.58. The third kappa shape index (κ3) is 5.69. The molecule has 0 fully saturated rings. The second-order valence-corrected chi connectivity index (χ2v) is 4.00. The first-order chi connectivity index (χ1) is 9.19. The molecule has 0 unspecified atom stereocenters. The molecule has 0 radical (unpaired) electrons. The van der Waals surface area contributed by atoms with Crippen molar-refractivity contribution in [2.24, 2.45) is 0 Å². The fourth-order valence-electron chi connectivity index (χ4n) is 1.63. The van der Waals surface area contributed by atoms with E-state index in [0.717, 1.165) is 5.75 Å². The zero-order chi connectivity index (χ0) is 14.1. The van der Waals surface area contributed by atoms with Crippen molar-refractivity contribution in [2.45, 2.75) is 0 Å². The minimum Gasteiger partial charge on any atom is -0.497 e. The first kappa shape index (κ1) is 15.4. The zero-order valence-electron chi connectivity index (χ0n) is 11.0. The van der Waals surface area contributed by atoms with E-state index in [4.69, 9.17) is 14.9 Å². The summed E-state index contributed by atoms with van der Waals surface area (Å²) in [6, 6.07) is 7.02. The lowest BCUT2D eigenvalue weighted by Gasteiger charge is -2.19. The third-order valence-electron chi connectivity index (χ3n) is 2.57. The van der Waals surface area contributed by atoms with Crippen molar-refractivity contribution >= 4 is 11.6 Å². The predicted molar refractivity (Wildman–Crippen MR) is 72.2 cm³/mol. The van der Waals surface area contributed by atoms with E-state index < -0.39 is 0 Å². The summed E-state index contributed by atoms with van der Waals surface area (Å²) in [6.07, 6.45) is 0. The number of rotatable bonds is 8. The molecule has 0 bridgehead atoms. The predicted octanol–water partition coefficient (Wildman–Crippen LogP) is -0.0797. The fraction of sp³-hybridized carbons (Fsp3) is 0.462. The van der Waals surface area contributed by atoms with Gasteiger partial charge in [0.2, 0.25) is 5.91 Å². The van der Waals surface area contributed by atoms with Crippen molar-refractivity contribution in [3.63, 3.8) is 0 Å². The lowest BCUT2D eigenvalue weighted by Crippen LogP contribution is -2.37. The molecule has 0 aliphatic heterocycles. The highest BCUT2D eigenvalue weighted by molar-refractivity contribution is 5.92. The van der Waals surface area contributed by atoms with Crippen LogP contribution in [-0.2, 0) is 4.79 Å². The highest BCUT2D eigenvalue weighted by Crippen LogP contribution is 2.14. The van der Waals surface area contributed by atoms with Crippen molar-refractivity contribution in [3.8, 4) is 5.75 Å². The molecule has 106 valence electrons. The summed E-state index contributed by atoms with van der Waals surface area (Å²) < 4.78 is 5.03. The number of carbonyl (C=O) groups excluding carboxylic acids is 1. The Morgan fingerprint density at radius 2 is 1.79 bits per heavy atom. The number of nitrogens with zero attached hydrogens (tertiary/aromatic N) is 1. The van der Waals surface area contributed by atoms with Gasteiger partial charge in [0, 0.05) is 18.8 Å². The Morgan fingerprint density at radius 1 is 1.21 bits per heavy atom. The number of hydrogen-bond donors (Lipinski definition) is 3. The molecule has 0 spiro atoms. The number of aliphatic hydroxyl groups is 2. The van der Waals surface area contributed by atoms with E-state index in [9.17, 15) is 4.79 Å². The Balaban J connectivity index is 2.48. The monoisotopic (exact) mass is 268 g/mol. The Bertz CT molecular complexity index is 375. The van der Waals surface area contributed by atoms with Gasteiger partial charge in [-0.1, -0.05) is 0 Å². The molecule has 0 saturated heterocycles. The number of nitrogens with one attached hydrogen (secondary N) is 1. The second kappa shape index (κ2) is 8.47. The molecular formula is C13H20N2O4. The van der Waals surface area contributed by atoms with Gasteiger partial charge in [0.05, 0.1) is 26.9 Å². The van der Waals surface area contributed by atoms with Crippen LogP contribution in [0.25, 0.3) is 0 Å². The average Bonchev–Trinajstić information content (AvgIpc) is 2.40. The van der Waals surface area contributed by atoms with Gasteiger partial charge in [-0.15, -0.1) is 0 Å². The normalized spacial score (nSPS) is 10.5. The van der Waals surface area contributed by atoms with Crippen molar-refractivity contribution in [1.82, 2.24) is 4.90 Å². The van der Waals surface area contributed by atoms with Crippen molar-refractivity contribution in [1.29, 1.82) is 0 Å². The lowest BCUT2D eigenvalue weighted by molar-refractivity contribution is -0.117.